The fraction of sp³-hybridized carbons (Fsp3) is 0.455. The summed E-state index contributed by atoms with van der Waals surface area (Å²) in [6.45, 7) is 1.91. The van der Waals surface area contributed by atoms with Crippen LogP contribution < -0.4 is 5.73 Å². The zero-order valence-electron chi connectivity index (χ0n) is 8.29. The second-order valence-corrected chi connectivity index (χ2v) is 3.88. The van der Waals surface area contributed by atoms with Crippen molar-refractivity contribution >= 4 is 11.6 Å². The Morgan fingerprint density at radius 1 is 1.57 bits per heavy atom. The van der Waals surface area contributed by atoms with Crippen LogP contribution in [-0.2, 0) is 0 Å². The van der Waals surface area contributed by atoms with Crippen LogP contribution in [0.4, 0.5) is 5.82 Å². The van der Waals surface area contributed by atoms with Gasteiger partial charge in [-0.3, -0.25) is 4.79 Å². The molecule has 3 nitrogen and oxygen atoms in total. The van der Waals surface area contributed by atoms with Crippen LogP contribution in [0.1, 0.15) is 35.2 Å². The molecule has 2 N–H and O–H groups in total. The zero-order valence-corrected chi connectivity index (χ0v) is 8.29. The average Bonchev–Trinajstić information content (AvgIpc) is 2.00. The Labute approximate surface area is 83.3 Å². The molecular formula is C11H14N2O. The van der Waals surface area contributed by atoms with Gasteiger partial charge in [-0.2, -0.15) is 0 Å². The summed E-state index contributed by atoms with van der Waals surface area (Å²) in [7, 11) is 0. The van der Waals surface area contributed by atoms with Gasteiger partial charge in [-0.15, -0.1) is 0 Å². The molecule has 1 fully saturated rings. The first-order chi connectivity index (χ1) is 6.70. The van der Waals surface area contributed by atoms with E-state index in [0.29, 0.717) is 11.4 Å². The number of hydrogen-bond donors (Lipinski definition) is 1. The lowest BCUT2D eigenvalue weighted by atomic mass is 9.79. The Hall–Kier alpha value is -1.38. The van der Waals surface area contributed by atoms with Crippen LogP contribution >= 0.6 is 0 Å². The van der Waals surface area contributed by atoms with Gasteiger partial charge in [0.15, 0.2) is 5.78 Å². The lowest BCUT2D eigenvalue weighted by Crippen LogP contribution is -2.24. The second kappa shape index (κ2) is 3.40. The molecule has 2 rings (SSSR count). The van der Waals surface area contributed by atoms with Gasteiger partial charge in [-0.05, 0) is 31.4 Å². The third-order valence-corrected chi connectivity index (χ3v) is 2.91. The highest BCUT2D eigenvalue weighted by Gasteiger charge is 2.28. The van der Waals surface area contributed by atoms with Crippen molar-refractivity contribution in [2.24, 2.45) is 5.92 Å². The van der Waals surface area contributed by atoms with Gasteiger partial charge in [0, 0.05) is 12.1 Å². The SMILES string of the molecule is Cc1ccnc(N)c1C(=O)C1CCC1. The lowest BCUT2D eigenvalue weighted by Gasteiger charge is -2.24. The first-order valence-corrected chi connectivity index (χ1v) is 4.95. The van der Waals surface area contributed by atoms with Crippen molar-refractivity contribution in [3.05, 3.63) is 23.4 Å². The summed E-state index contributed by atoms with van der Waals surface area (Å²) >= 11 is 0. The van der Waals surface area contributed by atoms with Gasteiger partial charge in [0.2, 0.25) is 0 Å². The minimum absolute atomic E-state index is 0.180. The van der Waals surface area contributed by atoms with E-state index in [2.05, 4.69) is 4.98 Å². The standard InChI is InChI=1S/C11H14N2O/c1-7-5-6-13-11(12)9(7)10(14)8-3-2-4-8/h5-6,8H,2-4H2,1H3,(H2,12,13). The molecule has 14 heavy (non-hydrogen) atoms. The van der Waals surface area contributed by atoms with Crippen LogP contribution in [0, 0.1) is 12.8 Å². The highest BCUT2D eigenvalue weighted by molar-refractivity contribution is 6.03. The van der Waals surface area contributed by atoms with Gasteiger partial charge in [0.25, 0.3) is 0 Å². The average molecular weight is 190 g/mol. The van der Waals surface area contributed by atoms with Crippen LogP contribution in [-0.4, -0.2) is 10.8 Å². The molecule has 1 saturated carbocycles. The van der Waals surface area contributed by atoms with E-state index in [0.717, 1.165) is 24.8 Å². The maximum atomic E-state index is 11.9. The number of Topliss-reactive ketones (excluding diaryl/α,β-unsaturated/α-hetero) is 1. The first-order valence-electron chi connectivity index (χ1n) is 4.95. The van der Waals surface area contributed by atoms with Crippen molar-refractivity contribution in [1.29, 1.82) is 0 Å². The normalized spacial score (nSPS) is 16.4. The zero-order chi connectivity index (χ0) is 10.1. The minimum atomic E-state index is 0.180. The lowest BCUT2D eigenvalue weighted by molar-refractivity contribution is 0.0855. The maximum absolute atomic E-state index is 11.9. The molecule has 0 amide bonds. The van der Waals surface area contributed by atoms with Crippen LogP contribution in [0.3, 0.4) is 0 Å². The molecule has 0 radical (unpaired) electrons. The fourth-order valence-corrected chi connectivity index (χ4v) is 1.77. The maximum Gasteiger partial charge on any atom is 0.169 e. The van der Waals surface area contributed by atoms with Gasteiger partial charge in [-0.25, -0.2) is 4.98 Å². The van der Waals surface area contributed by atoms with Crippen LogP contribution in [0.25, 0.3) is 0 Å². The van der Waals surface area contributed by atoms with E-state index >= 15 is 0 Å². The second-order valence-electron chi connectivity index (χ2n) is 3.88. The summed E-state index contributed by atoms with van der Waals surface area (Å²) < 4.78 is 0. The number of nitrogen functional groups attached to an aromatic ring is 1. The topological polar surface area (TPSA) is 56.0 Å². The molecule has 0 spiro atoms. The smallest absolute Gasteiger partial charge is 0.169 e. The van der Waals surface area contributed by atoms with Crippen molar-refractivity contribution in [3.8, 4) is 0 Å². The van der Waals surface area contributed by atoms with Crippen molar-refractivity contribution in [1.82, 2.24) is 4.98 Å². The van der Waals surface area contributed by atoms with Crippen molar-refractivity contribution in [2.75, 3.05) is 5.73 Å². The Balaban J connectivity index is 2.34. The minimum Gasteiger partial charge on any atom is -0.383 e. The van der Waals surface area contributed by atoms with Crippen molar-refractivity contribution < 1.29 is 4.79 Å². The van der Waals surface area contributed by atoms with E-state index in [1.165, 1.54) is 0 Å². The van der Waals surface area contributed by atoms with E-state index in [-0.39, 0.29) is 11.7 Å². The van der Waals surface area contributed by atoms with Crippen molar-refractivity contribution in [2.45, 2.75) is 26.2 Å². The summed E-state index contributed by atoms with van der Waals surface area (Å²) in [5.74, 6) is 0.751. The molecule has 1 aliphatic rings. The summed E-state index contributed by atoms with van der Waals surface area (Å²) in [5, 5.41) is 0. The van der Waals surface area contributed by atoms with Crippen LogP contribution in [0.5, 0.6) is 0 Å². The molecule has 0 aliphatic heterocycles. The van der Waals surface area contributed by atoms with Crippen LogP contribution in [0.15, 0.2) is 12.3 Å². The molecule has 1 aromatic rings. The molecule has 0 bridgehead atoms. The summed E-state index contributed by atoms with van der Waals surface area (Å²) in [5.41, 5.74) is 7.28. The number of nitrogens with zero attached hydrogens (tertiary/aromatic N) is 1. The summed E-state index contributed by atoms with van der Waals surface area (Å²) in [6.07, 6.45) is 4.82. The molecule has 0 unspecified atom stereocenters. The molecule has 1 aromatic heterocycles. The largest absolute Gasteiger partial charge is 0.383 e. The third kappa shape index (κ3) is 1.39. The van der Waals surface area contributed by atoms with Gasteiger partial charge < -0.3 is 5.73 Å². The van der Waals surface area contributed by atoms with Gasteiger partial charge >= 0.3 is 0 Å². The van der Waals surface area contributed by atoms with Crippen LogP contribution in [0.2, 0.25) is 0 Å². The first kappa shape index (κ1) is 9.19. The Morgan fingerprint density at radius 2 is 2.29 bits per heavy atom. The number of aromatic nitrogens is 1. The number of ketones is 1. The van der Waals surface area contributed by atoms with E-state index < -0.39 is 0 Å². The molecular weight excluding hydrogens is 176 g/mol. The number of carbonyl (C=O) groups excluding carboxylic acids is 1. The highest BCUT2D eigenvalue weighted by Crippen LogP contribution is 2.31. The van der Waals surface area contributed by atoms with E-state index in [1.807, 2.05) is 13.0 Å². The summed E-state index contributed by atoms with van der Waals surface area (Å²) in [6, 6.07) is 1.84. The number of carbonyl (C=O) groups is 1. The molecule has 0 saturated heterocycles. The quantitative estimate of drug-likeness (QED) is 0.725. The number of rotatable bonds is 2. The highest BCUT2D eigenvalue weighted by atomic mass is 16.1. The van der Waals surface area contributed by atoms with Gasteiger partial charge in [-0.1, -0.05) is 6.42 Å². The Kier molecular flexibility index (Phi) is 2.23. The molecule has 0 atom stereocenters. The predicted molar refractivity (Wildman–Crippen MR) is 55.1 cm³/mol. The monoisotopic (exact) mass is 190 g/mol. The molecule has 1 heterocycles. The van der Waals surface area contributed by atoms with E-state index in [1.54, 1.807) is 6.20 Å². The molecule has 74 valence electrons. The summed E-state index contributed by atoms with van der Waals surface area (Å²) in [4.78, 5) is 15.9. The van der Waals surface area contributed by atoms with Gasteiger partial charge in [0.1, 0.15) is 5.82 Å². The Bertz CT molecular complexity index is 349. The predicted octanol–water partition coefficient (Wildman–Crippen LogP) is 1.96. The number of nitrogens with two attached hydrogens (primary N) is 1. The molecule has 1 aliphatic carbocycles. The van der Waals surface area contributed by atoms with Crippen molar-refractivity contribution in [3.63, 3.8) is 0 Å². The van der Waals surface area contributed by atoms with E-state index in [9.17, 15) is 4.79 Å². The Morgan fingerprint density at radius 3 is 2.79 bits per heavy atom. The fourth-order valence-electron chi connectivity index (χ4n) is 1.77. The molecule has 3 heteroatoms. The van der Waals surface area contributed by atoms with E-state index in [4.69, 9.17) is 5.73 Å². The number of pyridine rings is 1. The number of hydrogen-bond acceptors (Lipinski definition) is 3. The molecule has 0 aromatic carbocycles. The number of anilines is 1. The number of aryl methyl sites for hydroxylation is 1. The van der Waals surface area contributed by atoms with Gasteiger partial charge in [0.05, 0.1) is 5.56 Å². The third-order valence-electron chi connectivity index (χ3n) is 2.91.